The average molecular weight is 444 g/mol. The summed E-state index contributed by atoms with van der Waals surface area (Å²) < 4.78 is 0. The second-order valence-corrected chi connectivity index (χ2v) is 6.59. The van der Waals surface area contributed by atoms with E-state index in [0.717, 1.165) is 0 Å². The molecule has 1 aromatic carbocycles. The maximum Gasteiger partial charge on any atom is 0.254 e. The number of hydrogen-bond acceptors (Lipinski definition) is 10. The van der Waals surface area contributed by atoms with Crippen LogP contribution in [0.4, 0.5) is 5.69 Å². The van der Waals surface area contributed by atoms with Crippen molar-refractivity contribution >= 4 is 23.4 Å². The van der Waals surface area contributed by atoms with Gasteiger partial charge in [0, 0.05) is 25.3 Å². The number of aliphatic hydroxyl groups excluding tert-OH is 6. The van der Waals surface area contributed by atoms with Gasteiger partial charge >= 0.3 is 0 Å². The van der Waals surface area contributed by atoms with Crippen molar-refractivity contribution in [3.8, 4) is 0 Å². The molecular formula is C18H28N4O9. The molecule has 0 aromatic heterocycles. The van der Waals surface area contributed by atoms with Crippen molar-refractivity contribution in [3.63, 3.8) is 0 Å². The number of carbonyl (C=O) groups excluding carboxylic acids is 3. The number of rotatable bonds is 12. The van der Waals surface area contributed by atoms with E-state index >= 15 is 0 Å². The maximum atomic E-state index is 12.8. The second-order valence-electron chi connectivity index (χ2n) is 6.59. The first kappa shape index (κ1) is 26.2. The normalized spacial score (nSPS) is 13.7. The largest absolute Gasteiger partial charge is 0.398 e. The summed E-state index contributed by atoms with van der Waals surface area (Å²) in [4.78, 5) is 38.0. The molecule has 3 unspecified atom stereocenters. The summed E-state index contributed by atoms with van der Waals surface area (Å²) in [6, 6.07) is 2.38. The third-order valence-electron chi connectivity index (χ3n) is 4.06. The minimum Gasteiger partial charge on any atom is -0.398 e. The van der Waals surface area contributed by atoms with Gasteiger partial charge in [0.15, 0.2) is 0 Å². The summed E-state index contributed by atoms with van der Waals surface area (Å²) >= 11 is 0. The van der Waals surface area contributed by atoms with E-state index in [9.17, 15) is 29.7 Å². The van der Waals surface area contributed by atoms with Crippen molar-refractivity contribution in [2.24, 2.45) is 0 Å². The first-order valence-electron chi connectivity index (χ1n) is 9.30. The summed E-state index contributed by atoms with van der Waals surface area (Å²) in [7, 11) is 0. The lowest BCUT2D eigenvalue weighted by atomic mass is 9.96. The molecule has 0 spiro atoms. The highest BCUT2D eigenvalue weighted by Crippen LogP contribution is 2.22. The van der Waals surface area contributed by atoms with Crippen LogP contribution >= 0.6 is 0 Å². The lowest BCUT2D eigenvalue weighted by Crippen LogP contribution is -2.40. The number of amides is 3. The molecular weight excluding hydrogens is 416 g/mol. The van der Waals surface area contributed by atoms with Crippen LogP contribution in [-0.2, 0) is 0 Å². The van der Waals surface area contributed by atoms with E-state index in [1.807, 2.05) is 0 Å². The number of nitrogen functional groups attached to an aromatic ring is 1. The molecule has 0 saturated carbocycles. The molecule has 13 nitrogen and oxygen atoms in total. The summed E-state index contributed by atoms with van der Waals surface area (Å²) in [5.74, 6) is -2.73. The minimum atomic E-state index is -1.29. The van der Waals surface area contributed by atoms with Gasteiger partial charge in [0.25, 0.3) is 17.7 Å². The Morgan fingerprint density at radius 1 is 0.710 bits per heavy atom. The first-order chi connectivity index (χ1) is 14.7. The van der Waals surface area contributed by atoms with Crippen molar-refractivity contribution in [3.05, 3.63) is 28.8 Å². The average Bonchev–Trinajstić information content (AvgIpc) is 2.77. The van der Waals surface area contributed by atoms with Gasteiger partial charge in [0.2, 0.25) is 0 Å². The van der Waals surface area contributed by atoms with Crippen molar-refractivity contribution in [1.29, 1.82) is 0 Å². The van der Waals surface area contributed by atoms with Crippen LogP contribution in [0.25, 0.3) is 0 Å². The number of aliphatic hydroxyl groups is 6. The fraction of sp³-hybridized carbons (Fsp3) is 0.500. The fourth-order valence-electron chi connectivity index (χ4n) is 2.39. The van der Waals surface area contributed by atoms with Gasteiger partial charge in [0.05, 0.1) is 54.8 Å². The molecule has 0 aliphatic carbocycles. The monoisotopic (exact) mass is 444 g/mol. The van der Waals surface area contributed by atoms with E-state index in [1.165, 1.54) is 12.1 Å². The Morgan fingerprint density at radius 2 is 1.10 bits per heavy atom. The smallest absolute Gasteiger partial charge is 0.254 e. The predicted molar refractivity (Wildman–Crippen MR) is 107 cm³/mol. The first-order valence-corrected chi connectivity index (χ1v) is 9.30. The third-order valence-corrected chi connectivity index (χ3v) is 4.06. The van der Waals surface area contributed by atoms with E-state index in [1.54, 1.807) is 0 Å². The molecule has 11 N–H and O–H groups in total. The highest BCUT2D eigenvalue weighted by molar-refractivity contribution is 6.16. The number of carbonyl (C=O) groups is 3. The zero-order chi connectivity index (χ0) is 23.6. The van der Waals surface area contributed by atoms with E-state index in [-0.39, 0.29) is 24.3 Å². The van der Waals surface area contributed by atoms with Gasteiger partial charge in [-0.05, 0) is 12.1 Å². The van der Waals surface area contributed by atoms with Gasteiger partial charge in [-0.25, -0.2) is 0 Å². The number of nitrogens with two attached hydrogens (primary N) is 1. The lowest BCUT2D eigenvalue weighted by Gasteiger charge is -2.18. The topological polar surface area (TPSA) is 235 Å². The van der Waals surface area contributed by atoms with Crippen molar-refractivity contribution in [2.75, 3.05) is 45.2 Å². The molecule has 0 bridgehead atoms. The molecule has 0 radical (unpaired) electrons. The Morgan fingerprint density at radius 3 is 1.52 bits per heavy atom. The van der Waals surface area contributed by atoms with Gasteiger partial charge in [-0.1, -0.05) is 0 Å². The van der Waals surface area contributed by atoms with Crippen LogP contribution in [0.2, 0.25) is 0 Å². The molecule has 1 aromatic rings. The van der Waals surface area contributed by atoms with Crippen molar-refractivity contribution in [2.45, 2.75) is 18.3 Å². The molecule has 0 aliphatic heterocycles. The zero-order valence-corrected chi connectivity index (χ0v) is 16.6. The number of anilines is 1. The summed E-state index contributed by atoms with van der Waals surface area (Å²) in [6.45, 7) is -2.98. The lowest BCUT2D eigenvalue weighted by molar-refractivity contribution is 0.0771. The molecule has 3 atom stereocenters. The van der Waals surface area contributed by atoms with Crippen LogP contribution in [0, 0.1) is 0 Å². The van der Waals surface area contributed by atoms with Crippen molar-refractivity contribution < 1.29 is 45.0 Å². The van der Waals surface area contributed by atoms with Crippen LogP contribution in [0.1, 0.15) is 31.1 Å². The fourth-order valence-corrected chi connectivity index (χ4v) is 2.39. The van der Waals surface area contributed by atoms with Gasteiger partial charge in [-0.15, -0.1) is 0 Å². The second kappa shape index (κ2) is 12.8. The zero-order valence-electron chi connectivity index (χ0n) is 16.6. The van der Waals surface area contributed by atoms with Gasteiger partial charge in [-0.3, -0.25) is 14.4 Å². The molecule has 174 valence electrons. The minimum absolute atomic E-state index is 0.171. The van der Waals surface area contributed by atoms with Crippen LogP contribution in [-0.4, -0.2) is 106 Å². The van der Waals surface area contributed by atoms with Gasteiger partial charge in [-0.2, -0.15) is 0 Å². The number of nitrogens with one attached hydrogen (secondary N) is 3. The SMILES string of the molecule is Nc1ccc(C(=O)NCC(O)CO)c(C(=O)NCC(O)CO)c1C(=O)NCC(O)CO. The highest BCUT2D eigenvalue weighted by atomic mass is 16.3. The highest BCUT2D eigenvalue weighted by Gasteiger charge is 2.27. The summed E-state index contributed by atoms with van der Waals surface area (Å²) in [5.41, 5.74) is 4.55. The molecule has 0 heterocycles. The summed E-state index contributed by atoms with van der Waals surface area (Å²) in [6.07, 6.45) is -3.81. The van der Waals surface area contributed by atoms with E-state index in [2.05, 4.69) is 16.0 Å². The Kier molecular flexibility index (Phi) is 10.8. The Hall–Kier alpha value is -2.81. The van der Waals surface area contributed by atoms with Gasteiger partial charge in [0.1, 0.15) is 0 Å². The molecule has 31 heavy (non-hydrogen) atoms. The summed E-state index contributed by atoms with van der Waals surface area (Å²) in [5, 5.41) is 61.8. The Balaban J connectivity index is 3.34. The van der Waals surface area contributed by atoms with Crippen LogP contribution < -0.4 is 21.7 Å². The van der Waals surface area contributed by atoms with Crippen LogP contribution in [0.15, 0.2) is 12.1 Å². The molecule has 3 amide bonds. The molecule has 13 heteroatoms. The number of hydrogen-bond donors (Lipinski definition) is 10. The van der Waals surface area contributed by atoms with E-state index in [4.69, 9.17) is 21.1 Å². The quantitative estimate of drug-likeness (QED) is 0.139. The molecule has 1 rings (SSSR count). The van der Waals surface area contributed by atoms with Crippen LogP contribution in [0.3, 0.4) is 0 Å². The Labute approximate surface area is 177 Å². The third kappa shape index (κ3) is 7.75. The molecule has 0 saturated heterocycles. The molecule has 0 aliphatic rings. The standard InChI is InChI=1S/C18H28N4O9/c19-13-2-1-12(16(29)20-3-9(26)6-23)14(17(30)21-4-10(27)7-24)15(13)18(31)22-5-11(28)8-25/h1-2,9-11,23-28H,3-8,19H2,(H,20,29)(H,21,30)(H,22,31). The number of benzene rings is 1. The maximum absolute atomic E-state index is 12.8. The van der Waals surface area contributed by atoms with E-state index in [0.29, 0.717) is 0 Å². The van der Waals surface area contributed by atoms with E-state index < -0.39 is 73.5 Å². The molecule has 0 fully saturated rings. The predicted octanol–water partition coefficient (Wildman–Crippen LogP) is -4.48. The van der Waals surface area contributed by atoms with Crippen molar-refractivity contribution in [1.82, 2.24) is 16.0 Å². The van der Waals surface area contributed by atoms with Crippen LogP contribution in [0.5, 0.6) is 0 Å². The Bertz CT molecular complexity index is 775. The van der Waals surface area contributed by atoms with Gasteiger partial charge < -0.3 is 52.3 Å².